The van der Waals surface area contributed by atoms with Gasteiger partial charge >= 0.3 is 5.97 Å². The molecule has 1 heterocycles. The first-order chi connectivity index (χ1) is 10.5. The lowest BCUT2D eigenvalue weighted by Gasteiger charge is -2.15. The van der Waals surface area contributed by atoms with Gasteiger partial charge in [0.25, 0.3) is 11.8 Å². The number of carboxylic acids is 1. The van der Waals surface area contributed by atoms with E-state index in [1.807, 2.05) is 0 Å². The summed E-state index contributed by atoms with van der Waals surface area (Å²) < 4.78 is 0. The second-order valence-corrected chi connectivity index (χ2v) is 4.92. The Balaban J connectivity index is 1.96. The zero-order valence-electron chi connectivity index (χ0n) is 12.0. The molecule has 1 atom stereocenters. The van der Waals surface area contributed by atoms with E-state index in [9.17, 15) is 19.2 Å². The third-order valence-corrected chi connectivity index (χ3v) is 3.48. The lowest BCUT2D eigenvalue weighted by Crippen LogP contribution is -2.42. The maximum atomic E-state index is 12.1. The Morgan fingerprint density at radius 1 is 1.18 bits per heavy atom. The van der Waals surface area contributed by atoms with Gasteiger partial charge in [-0.1, -0.05) is 19.1 Å². The Hall–Kier alpha value is -2.70. The molecule has 7 heteroatoms. The van der Waals surface area contributed by atoms with Gasteiger partial charge in [-0.05, 0) is 18.6 Å². The number of fused-ring (bicyclic) bond motifs is 1. The van der Waals surface area contributed by atoms with Crippen LogP contribution in [0.5, 0.6) is 0 Å². The van der Waals surface area contributed by atoms with E-state index in [2.05, 4.69) is 5.32 Å². The van der Waals surface area contributed by atoms with Crippen LogP contribution in [0.1, 0.15) is 40.5 Å². The molecule has 0 aromatic heterocycles. The summed E-state index contributed by atoms with van der Waals surface area (Å²) in [6.45, 7) is 1.57. The van der Waals surface area contributed by atoms with E-state index in [1.54, 1.807) is 31.2 Å². The molecular formula is C15H16N2O5. The number of hydrogen-bond donors (Lipinski definition) is 2. The topological polar surface area (TPSA) is 104 Å². The minimum Gasteiger partial charge on any atom is -0.480 e. The molecule has 22 heavy (non-hydrogen) atoms. The van der Waals surface area contributed by atoms with Crippen LogP contribution in [0, 0.1) is 0 Å². The standard InChI is InChI=1S/C15H16N2O5/c1-2-11(15(21)22)16-12(18)7-8-17-13(19)9-5-3-4-6-10(9)14(17)20/h3-6,11H,2,7-8H2,1H3,(H,16,18)(H,21,22). The summed E-state index contributed by atoms with van der Waals surface area (Å²) in [7, 11) is 0. The molecule has 3 amide bonds. The predicted molar refractivity (Wildman–Crippen MR) is 76.3 cm³/mol. The van der Waals surface area contributed by atoms with Gasteiger partial charge in [0.2, 0.25) is 5.91 Å². The molecule has 1 aliphatic rings. The number of hydrogen-bond acceptors (Lipinski definition) is 4. The summed E-state index contributed by atoms with van der Waals surface area (Å²) in [5, 5.41) is 11.2. The van der Waals surface area contributed by atoms with Crippen LogP contribution in [0.4, 0.5) is 0 Å². The molecule has 0 bridgehead atoms. The van der Waals surface area contributed by atoms with Gasteiger partial charge in [-0.15, -0.1) is 0 Å². The van der Waals surface area contributed by atoms with Gasteiger partial charge in [0.05, 0.1) is 11.1 Å². The molecule has 1 aromatic rings. The van der Waals surface area contributed by atoms with E-state index < -0.39 is 29.7 Å². The van der Waals surface area contributed by atoms with Gasteiger partial charge in [-0.25, -0.2) is 4.79 Å². The number of nitrogens with zero attached hydrogens (tertiary/aromatic N) is 1. The average Bonchev–Trinajstić information content (AvgIpc) is 2.74. The third kappa shape index (κ3) is 2.98. The fraction of sp³-hybridized carbons (Fsp3) is 0.333. The Morgan fingerprint density at radius 2 is 1.73 bits per heavy atom. The van der Waals surface area contributed by atoms with Crippen molar-refractivity contribution in [2.45, 2.75) is 25.8 Å². The SMILES string of the molecule is CCC(NC(=O)CCN1C(=O)c2ccccc2C1=O)C(=O)O. The van der Waals surface area contributed by atoms with Crippen molar-refractivity contribution in [3.05, 3.63) is 35.4 Å². The summed E-state index contributed by atoms with van der Waals surface area (Å²) in [5.41, 5.74) is 0.648. The molecule has 0 spiro atoms. The number of aliphatic carboxylic acids is 1. The molecule has 116 valence electrons. The fourth-order valence-corrected chi connectivity index (χ4v) is 2.26. The maximum Gasteiger partial charge on any atom is 0.326 e. The monoisotopic (exact) mass is 304 g/mol. The Kier molecular flexibility index (Phi) is 4.55. The van der Waals surface area contributed by atoms with Crippen LogP contribution in [-0.4, -0.2) is 46.3 Å². The number of carbonyl (C=O) groups excluding carboxylic acids is 3. The summed E-state index contributed by atoms with van der Waals surface area (Å²) in [6.07, 6.45) is 0.128. The van der Waals surface area contributed by atoms with E-state index in [0.29, 0.717) is 11.1 Å². The summed E-state index contributed by atoms with van der Waals surface area (Å²) >= 11 is 0. The van der Waals surface area contributed by atoms with Gasteiger partial charge in [-0.2, -0.15) is 0 Å². The smallest absolute Gasteiger partial charge is 0.326 e. The number of carboxylic acid groups (broad SMARTS) is 1. The van der Waals surface area contributed by atoms with Crippen LogP contribution >= 0.6 is 0 Å². The minimum absolute atomic E-state index is 0.0752. The normalized spacial score (nSPS) is 14.7. The summed E-state index contributed by atoms with van der Waals surface area (Å²) in [5.74, 6) is -2.49. The molecule has 1 aliphatic heterocycles. The zero-order chi connectivity index (χ0) is 16.3. The first kappa shape index (κ1) is 15.7. The van der Waals surface area contributed by atoms with Gasteiger partial charge in [0.1, 0.15) is 6.04 Å². The fourth-order valence-electron chi connectivity index (χ4n) is 2.26. The largest absolute Gasteiger partial charge is 0.480 e. The molecule has 2 rings (SSSR count). The van der Waals surface area contributed by atoms with Gasteiger partial charge in [0.15, 0.2) is 0 Å². The Labute approximate surface area is 126 Å². The molecule has 1 unspecified atom stereocenters. The highest BCUT2D eigenvalue weighted by Crippen LogP contribution is 2.22. The molecule has 0 radical (unpaired) electrons. The van der Waals surface area contributed by atoms with Crippen LogP contribution in [0.3, 0.4) is 0 Å². The summed E-state index contributed by atoms with van der Waals surface area (Å²) in [6, 6.07) is 5.49. The Bertz CT molecular complexity index is 606. The van der Waals surface area contributed by atoms with E-state index in [-0.39, 0.29) is 19.4 Å². The van der Waals surface area contributed by atoms with Gasteiger partial charge in [-0.3, -0.25) is 19.3 Å². The van der Waals surface area contributed by atoms with Crippen molar-refractivity contribution < 1.29 is 24.3 Å². The third-order valence-electron chi connectivity index (χ3n) is 3.48. The maximum absolute atomic E-state index is 12.1. The van der Waals surface area contributed by atoms with Crippen LogP contribution in [0.15, 0.2) is 24.3 Å². The number of benzene rings is 1. The number of amides is 3. The van der Waals surface area contributed by atoms with Crippen molar-refractivity contribution in [1.82, 2.24) is 10.2 Å². The molecular weight excluding hydrogens is 288 g/mol. The first-order valence-corrected chi connectivity index (χ1v) is 6.93. The molecule has 2 N–H and O–H groups in total. The zero-order valence-corrected chi connectivity index (χ0v) is 12.0. The van der Waals surface area contributed by atoms with E-state index in [0.717, 1.165) is 4.90 Å². The summed E-state index contributed by atoms with van der Waals surface area (Å²) in [4.78, 5) is 47.8. The molecule has 0 saturated carbocycles. The van der Waals surface area contributed by atoms with Crippen molar-refractivity contribution in [2.75, 3.05) is 6.54 Å². The highest BCUT2D eigenvalue weighted by molar-refractivity contribution is 6.21. The average molecular weight is 304 g/mol. The highest BCUT2D eigenvalue weighted by atomic mass is 16.4. The van der Waals surface area contributed by atoms with E-state index >= 15 is 0 Å². The second kappa shape index (κ2) is 6.38. The molecule has 0 fully saturated rings. The van der Waals surface area contributed by atoms with Crippen LogP contribution in [0.2, 0.25) is 0 Å². The van der Waals surface area contributed by atoms with E-state index in [4.69, 9.17) is 5.11 Å². The van der Waals surface area contributed by atoms with Crippen LogP contribution in [-0.2, 0) is 9.59 Å². The van der Waals surface area contributed by atoms with Crippen LogP contribution < -0.4 is 5.32 Å². The second-order valence-electron chi connectivity index (χ2n) is 4.92. The molecule has 1 aromatic carbocycles. The molecule has 7 nitrogen and oxygen atoms in total. The Morgan fingerprint density at radius 3 is 2.18 bits per heavy atom. The van der Waals surface area contributed by atoms with Crippen molar-refractivity contribution >= 4 is 23.7 Å². The lowest BCUT2D eigenvalue weighted by molar-refractivity contribution is -0.141. The molecule has 0 saturated heterocycles. The minimum atomic E-state index is -1.11. The number of nitrogens with one attached hydrogen (secondary N) is 1. The number of imide groups is 1. The van der Waals surface area contributed by atoms with Crippen molar-refractivity contribution in [3.63, 3.8) is 0 Å². The lowest BCUT2D eigenvalue weighted by atomic mass is 10.1. The van der Waals surface area contributed by atoms with Gasteiger partial charge in [0, 0.05) is 13.0 Å². The van der Waals surface area contributed by atoms with Crippen molar-refractivity contribution in [1.29, 1.82) is 0 Å². The van der Waals surface area contributed by atoms with Crippen molar-refractivity contribution in [3.8, 4) is 0 Å². The first-order valence-electron chi connectivity index (χ1n) is 6.93. The predicted octanol–water partition coefficient (Wildman–Crippen LogP) is 0.652. The number of carbonyl (C=O) groups is 4. The number of rotatable bonds is 6. The molecule has 0 aliphatic carbocycles. The highest BCUT2D eigenvalue weighted by Gasteiger charge is 2.35. The van der Waals surface area contributed by atoms with E-state index in [1.165, 1.54) is 0 Å². The van der Waals surface area contributed by atoms with Crippen molar-refractivity contribution in [2.24, 2.45) is 0 Å². The van der Waals surface area contributed by atoms with Gasteiger partial charge < -0.3 is 10.4 Å². The quantitative estimate of drug-likeness (QED) is 0.751. The van der Waals surface area contributed by atoms with Crippen LogP contribution in [0.25, 0.3) is 0 Å².